The molecule has 0 rings (SSSR count). The summed E-state index contributed by atoms with van der Waals surface area (Å²) in [4.78, 5) is 31.5. The zero-order chi connectivity index (χ0) is 11.0. The van der Waals surface area contributed by atoms with Gasteiger partial charge in [-0.15, -0.1) is 0 Å². The third-order valence-electron chi connectivity index (χ3n) is 1.14. The minimum Gasteiger partial charge on any atom is -0.464 e. The first kappa shape index (κ1) is 12.4. The standard InChI is InChI=1S/C8H13NO5/c1-6(10)13-4-3-9-8(12)5-14-7(2)11/h3-5H2,1-2H3,(H,9,12). The Bertz CT molecular complexity index is 226. The Morgan fingerprint density at radius 3 is 2.14 bits per heavy atom. The van der Waals surface area contributed by atoms with E-state index in [1.807, 2.05) is 0 Å². The van der Waals surface area contributed by atoms with Crippen molar-refractivity contribution in [3.8, 4) is 0 Å². The lowest BCUT2D eigenvalue weighted by molar-refractivity contribution is -0.146. The second-order valence-corrected chi connectivity index (χ2v) is 2.47. The maximum Gasteiger partial charge on any atom is 0.303 e. The average Bonchev–Trinajstić information content (AvgIpc) is 2.08. The van der Waals surface area contributed by atoms with Gasteiger partial charge in [0.05, 0.1) is 6.54 Å². The summed E-state index contributed by atoms with van der Waals surface area (Å²) in [6.07, 6.45) is 0. The Labute approximate surface area is 81.6 Å². The Morgan fingerprint density at radius 2 is 1.64 bits per heavy atom. The van der Waals surface area contributed by atoms with Gasteiger partial charge in [0.25, 0.3) is 5.91 Å². The number of ether oxygens (including phenoxy) is 2. The molecule has 6 nitrogen and oxygen atoms in total. The molecule has 1 amide bonds. The summed E-state index contributed by atoms with van der Waals surface area (Å²) >= 11 is 0. The van der Waals surface area contributed by atoms with Crippen molar-refractivity contribution in [2.45, 2.75) is 13.8 Å². The van der Waals surface area contributed by atoms with Crippen LogP contribution >= 0.6 is 0 Å². The molecule has 6 heteroatoms. The van der Waals surface area contributed by atoms with E-state index in [0.29, 0.717) is 0 Å². The summed E-state index contributed by atoms with van der Waals surface area (Å²) in [5.74, 6) is -1.34. The van der Waals surface area contributed by atoms with Crippen LogP contribution in [0.4, 0.5) is 0 Å². The second-order valence-electron chi connectivity index (χ2n) is 2.47. The number of esters is 2. The number of hydrogen-bond acceptors (Lipinski definition) is 5. The summed E-state index contributed by atoms with van der Waals surface area (Å²) in [6.45, 7) is 2.50. The molecule has 0 atom stereocenters. The van der Waals surface area contributed by atoms with Gasteiger partial charge in [-0.3, -0.25) is 14.4 Å². The maximum atomic E-state index is 10.9. The van der Waals surface area contributed by atoms with Crippen LogP contribution in [-0.2, 0) is 23.9 Å². The molecule has 0 saturated heterocycles. The van der Waals surface area contributed by atoms with E-state index in [-0.39, 0.29) is 19.8 Å². The van der Waals surface area contributed by atoms with Crippen molar-refractivity contribution in [1.29, 1.82) is 0 Å². The molecular weight excluding hydrogens is 190 g/mol. The molecule has 80 valence electrons. The van der Waals surface area contributed by atoms with Crippen LogP contribution in [0.3, 0.4) is 0 Å². The van der Waals surface area contributed by atoms with Crippen LogP contribution in [0.1, 0.15) is 13.8 Å². The van der Waals surface area contributed by atoms with Gasteiger partial charge in [-0.1, -0.05) is 0 Å². The number of rotatable bonds is 5. The quantitative estimate of drug-likeness (QED) is 0.468. The summed E-state index contributed by atoms with van der Waals surface area (Å²) < 4.78 is 8.98. The first-order valence-corrected chi connectivity index (χ1v) is 4.06. The fourth-order valence-electron chi connectivity index (χ4n) is 0.603. The number of hydrogen-bond donors (Lipinski definition) is 1. The average molecular weight is 203 g/mol. The predicted molar refractivity (Wildman–Crippen MR) is 46.3 cm³/mol. The van der Waals surface area contributed by atoms with Crippen LogP contribution in [0.15, 0.2) is 0 Å². The number of carbonyl (C=O) groups is 3. The molecule has 0 radical (unpaired) electrons. The molecular formula is C8H13NO5. The van der Waals surface area contributed by atoms with Crippen molar-refractivity contribution in [2.75, 3.05) is 19.8 Å². The summed E-state index contributed by atoms with van der Waals surface area (Å²) in [7, 11) is 0. The van der Waals surface area contributed by atoms with Crippen LogP contribution < -0.4 is 5.32 Å². The van der Waals surface area contributed by atoms with Crippen molar-refractivity contribution in [3.63, 3.8) is 0 Å². The van der Waals surface area contributed by atoms with Gasteiger partial charge < -0.3 is 14.8 Å². The molecule has 0 aliphatic heterocycles. The Morgan fingerprint density at radius 1 is 1.07 bits per heavy atom. The molecule has 0 aromatic rings. The second kappa shape index (κ2) is 6.88. The van der Waals surface area contributed by atoms with E-state index >= 15 is 0 Å². The summed E-state index contributed by atoms with van der Waals surface area (Å²) in [5, 5.41) is 2.40. The summed E-state index contributed by atoms with van der Waals surface area (Å²) in [5.41, 5.74) is 0. The zero-order valence-electron chi connectivity index (χ0n) is 8.16. The third kappa shape index (κ3) is 8.51. The third-order valence-corrected chi connectivity index (χ3v) is 1.14. The highest BCUT2D eigenvalue weighted by Crippen LogP contribution is 1.77. The molecule has 0 bridgehead atoms. The molecule has 0 aromatic carbocycles. The molecule has 0 heterocycles. The van der Waals surface area contributed by atoms with Crippen LogP contribution in [0.5, 0.6) is 0 Å². The largest absolute Gasteiger partial charge is 0.464 e. The van der Waals surface area contributed by atoms with E-state index in [4.69, 9.17) is 0 Å². The Balaban J connectivity index is 3.36. The van der Waals surface area contributed by atoms with Crippen molar-refractivity contribution in [2.24, 2.45) is 0 Å². The van der Waals surface area contributed by atoms with E-state index in [1.165, 1.54) is 13.8 Å². The number of carbonyl (C=O) groups excluding carboxylic acids is 3. The smallest absolute Gasteiger partial charge is 0.303 e. The lowest BCUT2D eigenvalue weighted by atomic mass is 10.6. The van der Waals surface area contributed by atoms with Crippen molar-refractivity contribution in [3.05, 3.63) is 0 Å². The zero-order valence-corrected chi connectivity index (χ0v) is 8.16. The summed E-state index contributed by atoms with van der Waals surface area (Å²) in [6, 6.07) is 0. The number of amides is 1. The fraction of sp³-hybridized carbons (Fsp3) is 0.625. The molecule has 1 N–H and O–H groups in total. The first-order valence-electron chi connectivity index (χ1n) is 4.06. The van der Waals surface area contributed by atoms with E-state index in [9.17, 15) is 14.4 Å². The first-order chi connectivity index (χ1) is 6.52. The highest BCUT2D eigenvalue weighted by Gasteiger charge is 2.02. The molecule has 0 aliphatic rings. The van der Waals surface area contributed by atoms with E-state index in [0.717, 1.165) is 0 Å². The molecule has 0 aromatic heterocycles. The fourth-order valence-corrected chi connectivity index (χ4v) is 0.603. The van der Waals surface area contributed by atoms with Gasteiger partial charge in [0.1, 0.15) is 6.61 Å². The normalized spacial score (nSPS) is 9.00. The topological polar surface area (TPSA) is 81.7 Å². The van der Waals surface area contributed by atoms with Gasteiger partial charge in [-0.05, 0) is 0 Å². The molecule has 0 saturated carbocycles. The van der Waals surface area contributed by atoms with Crippen molar-refractivity contribution in [1.82, 2.24) is 5.32 Å². The predicted octanol–water partition coefficient (Wildman–Crippen LogP) is -0.771. The highest BCUT2D eigenvalue weighted by atomic mass is 16.5. The van der Waals surface area contributed by atoms with Gasteiger partial charge in [0.2, 0.25) is 0 Å². The van der Waals surface area contributed by atoms with Crippen molar-refractivity contribution < 1.29 is 23.9 Å². The van der Waals surface area contributed by atoms with E-state index in [1.54, 1.807) is 0 Å². The Kier molecular flexibility index (Phi) is 6.09. The SMILES string of the molecule is CC(=O)OCCNC(=O)COC(C)=O. The lowest BCUT2D eigenvalue weighted by Crippen LogP contribution is -2.31. The molecule has 14 heavy (non-hydrogen) atoms. The minimum atomic E-state index is -0.514. The van der Waals surface area contributed by atoms with Crippen LogP contribution in [0.25, 0.3) is 0 Å². The van der Waals surface area contributed by atoms with Crippen LogP contribution in [0, 0.1) is 0 Å². The molecule has 0 fully saturated rings. The van der Waals surface area contributed by atoms with Crippen LogP contribution in [0.2, 0.25) is 0 Å². The van der Waals surface area contributed by atoms with Gasteiger partial charge in [0.15, 0.2) is 6.61 Å². The Hall–Kier alpha value is -1.59. The van der Waals surface area contributed by atoms with Crippen molar-refractivity contribution >= 4 is 17.8 Å². The monoisotopic (exact) mass is 203 g/mol. The van der Waals surface area contributed by atoms with Gasteiger partial charge in [0, 0.05) is 13.8 Å². The molecule has 0 aliphatic carbocycles. The van der Waals surface area contributed by atoms with E-state index < -0.39 is 17.8 Å². The van der Waals surface area contributed by atoms with Gasteiger partial charge in [-0.2, -0.15) is 0 Å². The molecule has 0 unspecified atom stereocenters. The maximum absolute atomic E-state index is 10.9. The minimum absolute atomic E-state index is 0.112. The number of nitrogens with one attached hydrogen (secondary N) is 1. The van der Waals surface area contributed by atoms with E-state index in [2.05, 4.69) is 14.8 Å². The highest BCUT2D eigenvalue weighted by molar-refractivity contribution is 5.79. The van der Waals surface area contributed by atoms with Gasteiger partial charge in [-0.25, -0.2) is 0 Å². The molecule has 0 spiro atoms. The lowest BCUT2D eigenvalue weighted by Gasteiger charge is -2.04. The van der Waals surface area contributed by atoms with Crippen LogP contribution in [-0.4, -0.2) is 37.6 Å². The van der Waals surface area contributed by atoms with Gasteiger partial charge >= 0.3 is 11.9 Å².